The van der Waals surface area contributed by atoms with Gasteiger partial charge in [-0.3, -0.25) is 0 Å². The molecule has 2 aromatic rings. The molecule has 0 radical (unpaired) electrons. The van der Waals surface area contributed by atoms with Gasteiger partial charge in [-0.25, -0.2) is 15.8 Å². The number of nitrogens with zero attached hydrogens (tertiary/aromatic N) is 2. The lowest BCUT2D eigenvalue weighted by atomic mass is 9.73. The van der Waals surface area contributed by atoms with Crippen LogP contribution in [0.15, 0.2) is 42.6 Å². The van der Waals surface area contributed by atoms with Crippen LogP contribution in [0.2, 0.25) is 0 Å². The Kier molecular flexibility index (Phi) is 3.62. The second-order valence-electron chi connectivity index (χ2n) is 4.97. The minimum Gasteiger partial charge on any atom is -0.381 e. The number of hydrazine groups is 1. The molecular weight excluding hydrogens is 252 g/mol. The molecule has 2 heterocycles. The van der Waals surface area contributed by atoms with E-state index in [0.717, 1.165) is 31.9 Å². The summed E-state index contributed by atoms with van der Waals surface area (Å²) in [6, 6.07) is 12.2. The van der Waals surface area contributed by atoms with E-state index >= 15 is 0 Å². The Bertz CT molecular complexity index is 567. The fourth-order valence-electron chi connectivity index (χ4n) is 2.79. The summed E-state index contributed by atoms with van der Waals surface area (Å²) in [5.41, 5.74) is 3.64. The molecule has 0 aliphatic carbocycles. The van der Waals surface area contributed by atoms with Gasteiger partial charge in [0.25, 0.3) is 0 Å². The molecule has 3 rings (SSSR count). The fraction of sp³-hybridized carbons (Fsp3) is 0.333. The zero-order chi connectivity index (χ0) is 13.8. The molecule has 1 aromatic heterocycles. The molecule has 1 saturated heterocycles. The zero-order valence-corrected chi connectivity index (χ0v) is 11.2. The molecule has 1 aliphatic heterocycles. The van der Waals surface area contributed by atoms with Crippen LogP contribution in [0.4, 0.5) is 5.82 Å². The number of nitrogens with one attached hydrogen (secondary N) is 1. The number of ether oxygens (including phenoxy) is 1. The Morgan fingerprint density at radius 2 is 1.85 bits per heavy atom. The number of hydrogen-bond acceptors (Lipinski definition) is 5. The van der Waals surface area contributed by atoms with Crippen molar-refractivity contribution in [3.63, 3.8) is 0 Å². The lowest BCUT2D eigenvalue weighted by Gasteiger charge is -2.36. The third-order valence-corrected chi connectivity index (χ3v) is 3.90. The Labute approximate surface area is 118 Å². The number of aromatic nitrogens is 2. The summed E-state index contributed by atoms with van der Waals surface area (Å²) in [6.07, 6.45) is 3.51. The molecule has 0 atom stereocenters. The van der Waals surface area contributed by atoms with Crippen molar-refractivity contribution in [1.29, 1.82) is 0 Å². The molecular formula is C15H18N4O. The van der Waals surface area contributed by atoms with Crippen molar-refractivity contribution < 1.29 is 4.74 Å². The molecule has 3 N–H and O–H groups in total. The summed E-state index contributed by atoms with van der Waals surface area (Å²) in [5.74, 6) is 6.91. The first kappa shape index (κ1) is 13.0. The third-order valence-electron chi connectivity index (χ3n) is 3.90. The summed E-state index contributed by atoms with van der Waals surface area (Å²) in [4.78, 5) is 9.06. The molecule has 1 fully saturated rings. The molecule has 0 spiro atoms. The van der Waals surface area contributed by atoms with Crippen molar-refractivity contribution in [2.24, 2.45) is 5.84 Å². The van der Waals surface area contributed by atoms with Gasteiger partial charge in [0.15, 0.2) is 0 Å². The van der Waals surface area contributed by atoms with Crippen LogP contribution in [0.3, 0.4) is 0 Å². The first-order chi connectivity index (χ1) is 9.85. The van der Waals surface area contributed by atoms with Crippen LogP contribution >= 0.6 is 0 Å². The number of hydrogen-bond donors (Lipinski definition) is 2. The van der Waals surface area contributed by atoms with E-state index in [1.54, 1.807) is 12.3 Å². The first-order valence-electron chi connectivity index (χ1n) is 6.78. The minimum atomic E-state index is -0.188. The molecule has 5 heteroatoms. The molecule has 0 amide bonds. The van der Waals surface area contributed by atoms with Gasteiger partial charge < -0.3 is 10.2 Å². The van der Waals surface area contributed by atoms with Crippen molar-refractivity contribution in [3.05, 3.63) is 54.0 Å². The molecule has 0 unspecified atom stereocenters. The van der Waals surface area contributed by atoms with Crippen molar-refractivity contribution in [1.82, 2.24) is 9.97 Å². The predicted molar refractivity (Wildman–Crippen MR) is 77.1 cm³/mol. The van der Waals surface area contributed by atoms with E-state index in [4.69, 9.17) is 10.6 Å². The standard InChI is InChI=1S/C15H18N4O/c16-19-13-6-9-17-14(18-13)15(7-10-20-11-8-15)12-4-2-1-3-5-12/h1-6,9H,7-8,10-11,16H2,(H,17,18,19). The van der Waals surface area contributed by atoms with Crippen molar-refractivity contribution in [2.75, 3.05) is 18.6 Å². The van der Waals surface area contributed by atoms with Crippen molar-refractivity contribution in [2.45, 2.75) is 18.3 Å². The average molecular weight is 270 g/mol. The highest BCUT2D eigenvalue weighted by atomic mass is 16.5. The van der Waals surface area contributed by atoms with Gasteiger partial charge in [0.2, 0.25) is 0 Å². The second kappa shape index (κ2) is 5.56. The van der Waals surface area contributed by atoms with E-state index in [0.29, 0.717) is 5.82 Å². The van der Waals surface area contributed by atoms with E-state index in [-0.39, 0.29) is 5.41 Å². The number of anilines is 1. The van der Waals surface area contributed by atoms with Gasteiger partial charge in [-0.05, 0) is 18.4 Å². The monoisotopic (exact) mass is 270 g/mol. The zero-order valence-electron chi connectivity index (χ0n) is 11.2. The molecule has 1 aliphatic rings. The summed E-state index contributed by atoms with van der Waals surface area (Å²) >= 11 is 0. The number of benzene rings is 1. The summed E-state index contributed by atoms with van der Waals surface area (Å²) < 4.78 is 5.53. The van der Waals surface area contributed by atoms with Gasteiger partial charge in [0.1, 0.15) is 11.6 Å². The molecule has 0 saturated carbocycles. The van der Waals surface area contributed by atoms with E-state index in [9.17, 15) is 0 Å². The van der Waals surface area contributed by atoms with E-state index in [1.165, 1.54) is 5.56 Å². The van der Waals surface area contributed by atoms with Crippen molar-refractivity contribution in [3.8, 4) is 0 Å². The molecule has 5 nitrogen and oxygen atoms in total. The highest BCUT2D eigenvalue weighted by Gasteiger charge is 2.38. The third kappa shape index (κ3) is 2.26. The maximum atomic E-state index is 5.53. The predicted octanol–water partition coefficient (Wildman–Crippen LogP) is 1.86. The average Bonchev–Trinajstić information content (AvgIpc) is 2.56. The molecule has 0 bridgehead atoms. The van der Waals surface area contributed by atoms with E-state index in [2.05, 4.69) is 39.7 Å². The topological polar surface area (TPSA) is 73.1 Å². The van der Waals surface area contributed by atoms with Gasteiger partial charge in [0, 0.05) is 25.5 Å². The lowest BCUT2D eigenvalue weighted by molar-refractivity contribution is 0.0605. The first-order valence-corrected chi connectivity index (χ1v) is 6.78. The Hall–Kier alpha value is -1.98. The molecule has 20 heavy (non-hydrogen) atoms. The number of rotatable bonds is 3. The summed E-state index contributed by atoms with van der Waals surface area (Å²) in [6.45, 7) is 1.44. The smallest absolute Gasteiger partial charge is 0.143 e. The van der Waals surface area contributed by atoms with Crippen LogP contribution in [0.1, 0.15) is 24.2 Å². The Morgan fingerprint density at radius 1 is 1.10 bits per heavy atom. The number of nitrogens with two attached hydrogens (primary N) is 1. The van der Waals surface area contributed by atoms with Crippen molar-refractivity contribution >= 4 is 5.82 Å². The van der Waals surface area contributed by atoms with Crippen LogP contribution in [-0.2, 0) is 10.2 Å². The van der Waals surface area contributed by atoms with Crippen LogP contribution < -0.4 is 11.3 Å². The maximum Gasteiger partial charge on any atom is 0.143 e. The quantitative estimate of drug-likeness (QED) is 0.658. The van der Waals surface area contributed by atoms with Crippen LogP contribution in [0.25, 0.3) is 0 Å². The maximum absolute atomic E-state index is 5.53. The molecule has 104 valence electrons. The molecule has 1 aromatic carbocycles. The summed E-state index contributed by atoms with van der Waals surface area (Å²) in [5, 5.41) is 0. The van der Waals surface area contributed by atoms with Gasteiger partial charge >= 0.3 is 0 Å². The van der Waals surface area contributed by atoms with Crippen LogP contribution in [-0.4, -0.2) is 23.2 Å². The Morgan fingerprint density at radius 3 is 2.55 bits per heavy atom. The fourth-order valence-corrected chi connectivity index (χ4v) is 2.79. The van der Waals surface area contributed by atoms with E-state index < -0.39 is 0 Å². The van der Waals surface area contributed by atoms with Gasteiger partial charge in [0.05, 0.1) is 5.41 Å². The highest BCUT2D eigenvalue weighted by Crippen LogP contribution is 2.39. The normalized spacial score (nSPS) is 17.6. The van der Waals surface area contributed by atoms with Crippen LogP contribution in [0, 0.1) is 0 Å². The minimum absolute atomic E-state index is 0.188. The van der Waals surface area contributed by atoms with Crippen LogP contribution in [0.5, 0.6) is 0 Å². The van der Waals surface area contributed by atoms with Gasteiger partial charge in [-0.15, -0.1) is 0 Å². The largest absolute Gasteiger partial charge is 0.381 e. The second-order valence-corrected chi connectivity index (χ2v) is 4.97. The Balaban J connectivity index is 2.10. The number of nitrogen functional groups attached to an aromatic ring is 1. The van der Waals surface area contributed by atoms with E-state index in [1.807, 2.05) is 6.07 Å². The highest BCUT2D eigenvalue weighted by molar-refractivity contribution is 5.38. The SMILES string of the molecule is NNc1ccnc(C2(c3ccccc3)CCOCC2)n1. The van der Waals surface area contributed by atoms with Gasteiger partial charge in [-0.2, -0.15) is 0 Å². The summed E-state index contributed by atoms with van der Waals surface area (Å²) in [7, 11) is 0. The lowest BCUT2D eigenvalue weighted by Crippen LogP contribution is -2.37. The van der Waals surface area contributed by atoms with Gasteiger partial charge in [-0.1, -0.05) is 30.3 Å².